The number of amides is 1. The number of halogens is 1. The van der Waals surface area contributed by atoms with E-state index in [-0.39, 0.29) is 11.8 Å². The molecule has 2 aromatic carbocycles. The van der Waals surface area contributed by atoms with Crippen molar-refractivity contribution in [3.8, 4) is 0 Å². The lowest BCUT2D eigenvalue weighted by Crippen LogP contribution is -2.39. The Hall–Kier alpha value is -1.98. The smallest absolute Gasteiger partial charge is 0.243 e. The van der Waals surface area contributed by atoms with Gasteiger partial charge >= 0.3 is 0 Å². The highest BCUT2D eigenvalue weighted by molar-refractivity contribution is 9.10. The van der Waals surface area contributed by atoms with E-state index in [0.717, 1.165) is 42.5 Å². The van der Waals surface area contributed by atoms with E-state index in [2.05, 4.69) is 55.6 Å². The zero-order chi connectivity index (χ0) is 18.4. The summed E-state index contributed by atoms with van der Waals surface area (Å²) in [7, 11) is 0. The SMILES string of the molecule is Cc1ccc(/C=N/NC(=O)C2CCN(Cc3ccc(Br)cc3)CC2)cc1. The van der Waals surface area contributed by atoms with Crippen LogP contribution in [0.5, 0.6) is 0 Å². The fraction of sp³-hybridized carbons (Fsp3) is 0.333. The third kappa shape index (κ3) is 5.51. The maximum atomic E-state index is 12.3. The van der Waals surface area contributed by atoms with E-state index in [9.17, 15) is 4.79 Å². The van der Waals surface area contributed by atoms with Crippen molar-refractivity contribution >= 4 is 28.1 Å². The zero-order valence-electron chi connectivity index (χ0n) is 15.0. The number of benzene rings is 2. The molecule has 4 nitrogen and oxygen atoms in total. The van der Waals surface area contributed by atoms with Gasteiger partial charge in [0.05, 0.1) is 6.21 Å². The van der Waals surface area contributed by atoms with Crippen molar-refractivity contribution < 1.29 is 4.79 Å². The lowest BCUT2D eigenvalue weighted by atomic mass is 9.96. The molecular formula is C21H24BrN3O. The molecule has 136 valence electrons. The molecule has 1 fully saturated rings. The van der Waals surface area contributed by atoms with Crippen LogP contribution in [0.2, 0.25) is 0 Å². The summed E-state index contributed by atoms with van der Waals surface area (Å²) in [6, 6.07) is 16.5. The van der Waals surface area contributed by atoms with Crippen molar-refractivity contribution in [1.29, 1.82) is 0 Å². The van der Waals surface area contributed by atoms with E-state index < -0.39 is 0 Å². The molecule has 0 saturated carbocycles. The average Bonchev–Trinajstić information content (AvgIpc) is 2.66. The Morgan fingerprint density at radius 3 is 2.46 bits per heavy atom. The number of hydrogen-bond donors (Lipinski definition) is 1. The van der Waals surface area contributed by atoms with E-state index in [1.54, 1.807) is 6.21 Å². The summed E-state index contributed by atoms with van der Waals surface area (Å²) >= 11 is 3.46. The highest BCUT2D eigenvalue weighted by Gasteiger charge is 2.24. The molecule has 1 heterocycles. The van der Waals surface area contributed by atoms with Gasteiger partial charge in [-0.1, -0.05) is 57.9 Å². The van der Waals surface area contributed by atoms with Crippen molar-refractivity contribution in [2.45, 2.75) is 26.3 Å². The number of piperidine rings is 1. The van der Waals surface area contributed by atoms with E-state index in [1.165, 1.54) is 11.1 Å². The van der Waals surface area contributed by atoms with Crippen LogP contribution < -0.4 is 5.43 Å². The van der Waals surface area contributed by atoms with Gasteiger partial charge in [0.25, 0.3) is 0 Å². The number of rotatable bonds is 5. The average molecular weight is 414 g/mol. The molecule has 0 atom stereocenters. The standard InChI is InChI=1S/C21H24BrN3O/c1-16-2-4-17(5-3-16)14-23-24-21(26)19-10-12-25(13-11-19)15-18-6-8-20(22)9-7-18/h2-9,14,19H,10-13,15H2,1H3,(H,24,26)/b23-14+. The highest BCUT2D eigenvalue weighted by Crippen LogP contribution is 2.20. The monoisotopic (exact) mass is 413 g/mol. The first-order valence-electron chi connectivity index (χ1n) is 8.96. The summed E-state index contributed by atoms with van der Waals surface area (Å²) in [6.07, 6.45) is 3.45. The summed E-state index contributed by atoms with van der Waals surface area (Å²) in [5.74, 6) is 0.0722. The second-order valence-electron chi connectivity index (χ2n) is 6.82. The fourth-order valence-corrected chi connectivity index (χ4v) is 3.38. The topological polar surface area (TPSA) is 44.7 Å². The van der Waals surface area contributed by atoms with Crippen LogP contribution in [0.15, 0.2) is 58.1 Å². The zero-order valence-corrected chi connectivity index (χ0v) is 16.6. The Labute approximate surface area is 163 Å². The van der Waals surface area contributed by atoms with E-state index >= 15 is 0 Å². The number of hydrazone groups is 1. The van der Waals surface area contributed by atoms with E-state index in [1.807, 2.05) is 31.2 Å². The number of hydrogen-bond acceptors (Lipinski definition) is 3. The molecule has 0 unspecified atom stereocenters. The van der Waals surface area contributed by atoms with Crippen LogP contribution >= 0.6 is 15.9 Å². The van der Waals surface area contributed by atoms with Gasteiger partial charge in [-0.2, -0.15) is 5.10 Å². The Morgan fingerprint density at radius 2 is 1.81 bits per heavy atom. The Balaban J connectivity index is 1.43. The predicted molar refractivity (Wildman–Crippen MR) is 109 cm³/mol. The molecule has 0 aliphatic carbocycles. The molecule has 0 bridgehead atoms. The largest absolute Gasteiger partial charge is 0.299 e. The second-order valence-corrected chi connectivity index (χ2v) is 7.74. The molecule has 1 amide bonds. The minimum absolute atomic E-state index is 0.0247. The van der Waals surface area contributed by atoms with Gasteiger partial charge in [0.1, 0.15) is 0 Å². The number of aryl methyl sites for hydroxylation is 1. The third-order valence-corrected chi connectivity index (χ3v) is 5.27. The van der Waals surface area contributed by atoms with Gasteiger partial charge in [0.2, 0.25) is 5.91 Å². The van der Waals surface area contributed by atoms with Crippen LogP contribution in [0.1, 0.15) is 29.5 Å². The van der Waals surface area contributed by atoms with Crippen LogP contribution in [0.3, 0.4) is 0 Å². The Morgan fingerprint density at radius 1 is 1.15 bits per heavy atom. The molecule has 1 saturated heterocycles. The van der Waals surface area contributed by atoms with Gasteiger partial charge in [-0.05, 0) is 56.1 Å². The van der Waals surface area contributed by atoms with Gasteiger partial charge < -0.3 is 0 Å². The van der Waals surface area contributed by atoms with Crippen LogP contribution in [-0.4, -0.2) is 30.1 Å². The van der Waals surface area contributed by atoms with Gasteiger partial charge in [-0.3, -0.25) is 9.69 Å². The van der Waals surface area contributed by atoms with Gasteiger partial charge in [-0.25, -0.2) is 5.43 Å². The summed E-state index contributed by atoms with van der Waals surface area (Å²) in [5, 5.41) is 4.10. The van der Waals surface area contributed by atoms with Crippen LogP contribution in [0.4, 0.5) is 0 Å². The molecule has 1 aliphatic rings. The maximum Gasteiger partial charge on any atom is 0.243 e. The quantitative estimate of drug-likeness (QED) is 0.591. The molecule has 2 aromatic rings. The third-order valence-electron chi connectivity index (χ3n) is 4.74. The lowest BCUT2D eigenvalue weighted by molar-refractivity contribution is -0.126. The first kappa shape index (κ1) is 18.8. The summed E-state index contributed by atoms with van der Waals surface area (Å²) in [5.41, 5.74) is 6.19. The highest BCUT2D eigenvalue weighted by atomic mass is 79.9. The van der Waals surface area contributed by atoms with Gasteiger partial charge in [0.15, 0.2) is 0 Å². The summed E-state index contributed by atoms with van der Waals surface area (Å²) in [4.78, 5) is 14.7. The first-order valence-corrected chi connectivity index (χ1v) is 9.76. The number of likely N-dealkylation sites (tertiary alicyclic amines) is 1. The molecule has 3 rings (SSSR count). The normalized spacial score (nSPS) is 16.1. The maximum absolute atomic E-state index is 12.3. The van der Waals surface area contributed by atoms with Gasteiger partial charge in [-0.15, -0.1) is 0 Å². The molecule has 0 spiro atoms. The molecule has 0 aromatic heterocycles. The van der Waals surface area contributed by atoms with Crippen LogP contribution in [0, 0.1) is 12.8 Å². The minimum Gasteiger partial charge on any atom is -0.299 e. The van der Waals surface area contributed by atoms with Gasteiger partial charge in [0, 0.05) is 16.9 Å². The molecular weight excluding hydrogens is 390 g/mol. The van der Waals surface area contributed by atoms with Crippen molar-refractivity contribution in [3.05, 3.63) is 69.7 Å². The number of carbonyl (C=O) groups is 1. The Kier molecular flexibility index (Phi) is 6.58. The van der Waals surface area contributed by atoms with Crippen molar-refractivity contribution in [3.63, 3.8) is 0 Å². The lowest BCUT2D eigenvalue weighted by Gasteiger charge is -2.30. The second kappa shape index (κ2) is 9.10. The fourth-order valence-electron chi connectivity index (χ4n) is 3.12. The van der Waals surface area contributed by atoms with Crippen molar-refractivity contribution in [2.75, 3.05) is 13.1 Å². The molecule has 1 N–H and O–H groups in total. The van der Waals surface area contributed by atoms with Crippen LogP contribution in [0.25, 0.3) is 0 Å². The summed E-state index contributed by atoms with van der Waals surface area (Å²) < 4.78 is 1.10. The number of carbonyl (C=O) groups excluding carboxylic acids is 1. The number of nitrogens with zero attached hydrogens (tertiary/aromatic N) is 2. The summed E-state index contributed by atoms with van der Waals surface area (Å²) in [6.45, 7) is 4.87. The van der Waals surface area contributed by atoms with E-state index in [0.29, 0.717) is 0 Å². The number of nitrogens with one attached hydrogen (secondary N) is 1. The minimum atomic E-state index is 0.0247. The van der Waals surface area contributed by atoms with E-state index in [4.69, 9.17) is 0 Å². The molecule has 1 aliphatic heterocycles. The first-order chi connectivity index (χ1) is 12.6. The molecule has 26 heavy (non-hydrogen) atoms. The van der Waals surface area contributed by atoms with Crippen LogP contribution in [-0.2, 0) is 11.3 Å². The predicted octanol–water partition coefficient (Wildman–Crippen LogP) is 4.12. The molecule has 0 radical (unpaired) electrons. The van der Waals surface area contributed by atoms with Crippen molar-refractivity contribution in [2.24, 2.45) is 11.0 Å². The molecule has 5 heteroatoms. The Bertz CT molecular complexity index is 748. The van der Waals surface area contributed by atoms with Crippen molar-refractivity contribution in [1.82, 2.24) is 10.3 Å².